The summed E-state index contributed by atoms with van der Waals surface area (Å²) >= 11 is 0. The lowest BCUT2D eigenvalue weighted by Crippen LogP contribution is -2.22. The molecule has 1 aromatic carbocycles. The maximum absolute atomic E-state index is 11.1. The molecule has 5 heteroatoms. The topological polar surface area (TPSA) is 90.4 Å². The van der Waals surface area contributed by atoms with Gasteiger partial charge in [-0.15, -0.1) is 0 Å². The maximum atomic E-state index is 11.1. The summed E-state index contributed by atoms with van der Waals surface area (Å²) < 4.78 is 5.65. The summed E-state index contributed by atoms with van der Waals surface area (Å²) in [6.45, 7) is 3.34. The van der Waals surface area contributed by atoms with Gasteiger partial charge < -0.3 is 21.5 Å². The fraction of sp³-hybridized carbons (Fsp3) is 0.462. The number of nitrogen functional groups attached to an aromatic ring is 1. The highest BCUT2D eigenvalue weighted by Gasteiger charge is 2.16. The Hall–Kier alpha value is -1.91. The van der Waals surface area contributed by atoms with E-state index in [0.29, 0.717) is 18.7 Å². The minimum Gasteiger partial charge on any atom is -0.491 e. The van der Waals surface area contributed by atoms with Crippen LogP contribution in [-0.4, -0.2) is 19.1 Å². The first-order valence-electron chi connectivity index (χ1n) is 6.16. The van der Waals surface area contributed by atoms with E-state index in [0.717, 1.165) is 30.0 Å². The number of hydrogen-bond acceptors (Lipinski definition) is 4. The fourth-order valence-electron chi connectivity index (χ4n) is 2.04. The Bertz CT molecular complexity index is 460. The number of anilines is 2. The quantitative estimate of drug-likeness (QED) is 0.700. The summed E-state index contributed by atoms with van der Waals surface area (Å²) in [5.74, 6) is 0.253. The lowest BCUT2D eigenvalue weighted by molar-refractivity contribution is -0.121. The average molecular weight is 249 g/mol. The van der Waals surface area contributed by atoms with Gasteiger partial charge in [0.25, 0.3) is 0 Å². The Morgan fingerprint density at radius 3 is 3.06 bits per heavy atom. The van der Waals surface area contributed by atoms with E-state index in [1.807, 2.05) is 19.1 Å². The molecule has 5 nitrogen and oxygen atoms in total. The Labute approximate surface area is 106 Å². The van der Waals surface area contributed by atoms with Crippen LogP contribution >= 0.6 is 0 Å². The third-order valence-electron chi connectivity index (χ3n) is 3.10. The molecule has 1 amide bonds. The molecule has 1 aliphatic heterocycles. The molecule has 0 saturated heterocycles. The van der Waals surface area contributed by atoms with E-state index in [9.17, 15) is 4.79 Å². The smallest absolute Gasteiger partial charge is 0.220 e. The highest BCUT2D eigenvalue weighted by atomic mass is 16.5. The summed E-state index contributed by atoms with van der Waals surface area (Å²) in [5.41, 5.74) is 13.8. The number of nitrogens with two attached hydrogens (primary N) is 2. The van der Waals surface area contributed by atoms with Crippen LogP contribution in [-0.2, 0) is 11.2 Å². The fourth-order valence-corrected chi connectivity index (χ4v) is 2.04. The van der Waals surface area contributed by atoms with Crippen LogP contribution in [0.15, 0.2) is 12.1 Å². The second-order valence-corrected chi connectivity index (χ2v) is 4.69. The summed E-state index contributed by atoms with van der Waals surface area (Å²) in [6, 6.07) is 3.81. The van der Waals surface area contributed by atoms with E-state index >= 15 is 0 Å². The normalized spacial score (nSPS) is 15.8. The molecule has 0 bridgehead atoms. The van der Waals surface area contributed by atoms with Crippen molar-refractivity contribution in [1.82, 2.24) is 0 Å². The molecule has 2 rings (SSSR count). The molecule has 0 unspecified atom stereocenters. The van der Waals surface area contributed by atoms with Gasteiger partial charge in [0.1, 0.15) is 11.4 Å². The lowest BCUT2D eigenvalue weighted by Gasteiger charge is -2.14. The number of carbonyl (C=O) groups is 1. The summed E-state index contributed by atoms with van der Waals surface area (Å²) in [4.78, 5) is 11.1. The monoisotopic (exact) mass is 249 g/mol. The van der Waals surface area contributed by atoms with Crippen molar-refractivity contribution in [3.8, 4) is 5.75 Å². The lowest BCUT2D eigenvalue weighted by atomic mass is 9.99. The van der Waals surface area contributed by atoms with Crippen LogP contribution in [0.1, 0.15) is 18.9 Å². The van der Waals surface area contributed by atoms with E-state index in [-0.39, 0.29) is 11.8 Å². The Morgan fingerprint density at radius 1 is 1.56 bits per heavy atom. The van der Waals surface area contributed by atoms with Gasteiger partial charge in [-0.25, -0.2) is 0 Å². The predicted octanol–water partition coefficient (Wildman–Crippen LogP) is 1.13. The highest BCUT2D eigenvalue weighted by Crippen LogP contribution is 2.34. The first kappa shape index (κ1) is 12.5. The van der Waals surface area contributed by atoms with E-state index < -0.39 is 0 Å². The van der Waals surface area contributed by atoms with Gasteiger partial charge in [-0.1, -0.05) is 6.92 Å². The first-order valence-corrected chi connectivity index (χ1v) is 6.16. The second-order valence-electron chi connectivity index (χ2n) is 4.69. The highest BCUT2D eigenvalue weighted by molar-refractivity contribution is 5.78. The molecule has 18 heavy (non-hydrogen) atoms. The third-order valence-corrected chi connectivity index (χ3v) is 3.10. The molecular weight excluding hydrogens is 230 g/mol. The Kier molecular flexibility index (Phi) is 3.60. The van der Waals surface area contributed by atoms with Gasteiger partial charge in [-0.2, -0.15) is 0 Å². The predicted molar refractivity (Wildman–Crippen MR) is 71.5 cm³/mol. The minimum absolute atomic E-state index is 0.207. The van der Waals surface area contributed by atoms with Gasteiger partial charge in [0.15, 0.2) is 0 Å². The van der Waals surface area contributed by atoms with Crippen LogP contribution < -0.4 is 21.5 Å². The molecule has 5 N–H and O–H groups in total. The first-order chi connectivity index (χ1) is 8.58. The molecule has 0 aromatic heterocycles. The van der Waals surface area contributed by atoms with Crippen molar-refractivity contribution >= 4 is 17.3 Å². The van der Waals surface area contributed by atoms with Crippen LogP contribution in [0.25, 0.3) is 0 Å². The van der Waals surface area contributed by atoms with Crippen molar-refractivity contribution in [3.05, 3.63) is 17.7 Å². The summed E-state index contributed by atoms with van der Waals surface area (Å²) in [5, 5.41) is 3.26. The average Bonchev–Trinajstić information content (AvgIpc) is 2.54. The largest absolute Gasteiger partial charge is 0.491 e. The second kappa shape index (κ2) is 5.16. The van der Waals surface area contributed by atoms with Crippen molar-refractivity contribution in [2.45, 2.75) is 19.8 Å². The number of fused-ring (bicyclic) bond motifs is 1. The number of primary amides is 1. The number of ether oxygens (including phenoxy) is 1. The summed E-state index contributed by atoms with van der Waals surface area (Å²) in [6.07, 6.45) is 1.53. The zero-order valence-corrected chi connectivity index (χ0v) is 10.5. The van der Waals surface area contributed by atoms with E-state index in [1.54, 1.807) is 0 Å². The van der Waals surface area contributed by atoms with Crippen molar-refractivity contribution in [2.75, 3.05) is 24.2 Å². The van der Waals surface area contributed by atoms with E-state index in [4.69, 9.17) is 16.2 Å². The van der Waals surface area contributed by atoms with Crippen LogP contribution in [0, 0.1) is 5.92 Å². The molecule has 1 aromatic rings. The van der Waals surface area contributed by atoms with Crippen molar-refractivity contribution in [3.63, 3.8) is 0 Å². The van der Waals surface area contributed by atoms with Gasteiger partial charge in [-0.05, 0) is 30.5 Å². The maximum Gasteiger partial charge on any atom is 0.220 e. The minimum atomic E-state index is -0.303. The van der Waals surface area contributed by atoms with Gasteiger partial charge >= 0.3 is 0 Å². The molecule has 0 saturated carbocycles. The van der Waals surface area contributed by atoms with Crippen LogP contribution in [0.5, 0.6) is 5.75 Å². The number of nitrogens with one attached hydrogen (secondary N) is 1. The molecule has 98 valence electrons. The molecule has 1 aliphatic rings. The van der Waals surface area contributed by atoms with Crippen molar-refractivity contribution in [2.24, 2.45) is 11.7 Å². The molecular formula is C13H19N3O2. The molecule has 1 atom stereocenters. The third kappa shape index (κ3) is 2.67. The zero-order valence-electron chi connectivity index (χ0n) is 10.5. The van der Waals surface area contributed by atoms with Crippen LogP contribution in [0.4, 0.5) is 11.4 Å². The molecule has 1 heterocycles. The van der Waals surface area contributed by atoms with Crippen molar-refractivity contribution < 1.29 is 9.53 Å². The van der Waals surface area contributed by atoms with E-state index in [2.05, 4.69) is 5.32 Å². The Balaban J connectivity index is 2.26. The zero-order chi connectivity index (χ0) is 13.1. The number of amides is 1. The molecule has 0 radical (unpaired) electrons. The number of benzene rings is 1. The number of carbonyl (C=O) groups excluding carboxylic acids is 1. The van der Waals surface area contributed by atoms with Crippen LogP contribution in [0.3, 0.4) is 0 Å². The molecule has 0 fully saturated rings. The van der Waals surface area contributed by atoms with Gasteiger partial charge in [0, 0.05) is 12.5 Å². The molecule has 0 aliphatic carbocycles. The van der Waals surface area contributed by atoms with Crippen molar-refractivity contribution in [1.29, 1.82) is 0 Å². The van der Waals surface area contributed by atoms with Crippen LogP contribution in [0.2, 0.25) is 0 Å². The van der Waals surface area contributed by atoms with Gasteiger partial charge in [0.2, 0.25) is 5.91 Å². The Morgan fingerprint density at radius 2 is 2.33 bits per heavy atom. The number of hydrogen-bond donors (Lipinski definition) is 3. The molecule has 0 spiro atoms. The number of rotatable bonds is 3. The SMILES string of the molecule is C[C@H](Cc1cc(N)c2c(c1)OCCCN2)C(N)=O. The van der Waals surface area contributed by atoms with Gasteiger partial charge in [0.05, 0.1) is 12.3 Å². The standard InChI is InChI=1S/C13H19N3O2/c1-8(13(15)17)5-9-6-10(14)12-11(7-9)18-4-2-3-16-12/h6-8,16H,2-5,14H2,1H3,(H2,15,17)/t8-/m1/s1. The van der Waals surface area contributed by atoms with Gasteiger partial charge in [-0.3, -0.25) is 4.79 Å². The summed E-state index contributed by atoms with van der Waals surface area (Å²) in [7, 11) is 0. The van der Waals surface area contributed by atoms with E-state index in [1.165, 1.54) is 0 Å².